The third kappa shape index (κ3) is 0.927. The summed E-state index contributed by atoms with van der Waals surface area (Å²) < 4.78 is 0. The van der Waals surface area contributed by atoms with Gasteiger partial charge in [-0.3, -0.25) is 0 Å². The van der Waals surface area contributed by atoms with E-state index in [4.69, 9.17) is 0 Å². The molecule has 0 fully saturated rings. The molecule has 0 aliphatic carbocycles. The van der Waals surface area contributed by atoms with Gasteiger partial charge in [0, 0.05) is 24.7 Å². The number of hydrogen-bond donors (Lipinski definition) is 0. The minimum absolute atomic E-state index is 0.305. The molecule has 1 aliphatic rings. The van der Waals surface area contributed by atoms with Gasteiger partial charge < -0.3 is 4.90 Å². The lowest BCUT2D eigenvalue weighted by Gasteiger charge is -2.18. The summed E-state index contributed by atoms with van der Waals surface area (Å²) in [5, 5.41) is 0. The zero-order valence-corrected chi connectivity index (χ0v) is 7.89. The standard InChI is InChI=1S/C11H14N/c1-11(2)8-12(3)10-7-5-4-6-9(10)11/h4,6-7H,8H2,1-3H3. The first-order valence-corrected chi connectivity index (χ1v) is 4.33. The van der Waals surface area contributed by atoms with Crippen molar-refractivity contribution in [3.63, 3.8) is 0 Å². The number of benzene rings is 1. The van der Waals surface area contributed by atoms with E-state index in [0.717, 1.165) is 6.54 Å². The fourth-order valence-corrected chi connectivity index (χ4v) is 2.07. The van der Waals surface area contributed by atoms with E-state index in [1.54, 1.807) is 0 Å². The molecule has 0 bridgehead atoms. The summed E-state index contributed by atoms with van der Waals surface area (Å²) >= 11 is 0. The number of likely N-dealkylation sites (N-methyl/N-ethyl adjacent to an activating group) is 1. The van der Waals surface area contributed by atoms with Crippen molar-refractivity contribution in [2.45, 2.75) is 19.3 Å². The van der Waals surface area contributed by atoms with Gasteiger partial charge in [0.1, 0.15) is 0 Å². The van der Waals surface area contributed by atoms with Crippen LogP contribution >= 0.6 is 0 Å². The molecule has 1 aliphatic heterocycles. The lowest BCUT2D eigenvalue weighted by atomic mass is 9.87. The molecule has 1 aromatic rings. The molecule has 0 atom stereocenters. The van der Waals surface area contributed by atoms with Gasteiger partial charge in [0.25, 0.3) is 0 Å². The van der Waals surface area contributed by atoms with Crippen molar-refractivity contribution in [2.24, 2.45) is 0 Å². The van der Waals surface area contributed by atoms with Gasteiger partial charge in [0.05, 0.1) is 0 Å². The Balaban J connectivity index is 2.58. The average Bonchev–Trinajstić information content (AvgIpc) is 2.25. The zero-order valence-electron chi connectivity index (χ0n) is 7.89. The summed E-state index contributed by atoms with van der Waals surface area (Å²) in [5.41, 5.74) is 3.09. The van der Waals surface area contributed by atoms with Crippen LogP contribution in [-0.2, 0) is 5.41 Å². The second-order valence-corrected chi connectivity index (χ2v) is 4.18. The number of hydrogen-bond acceptors (Lipinski definition) is 1. The molecule has 0 saturated carbocycles. The molecule has 0 amide bonds. The molecule has 0 unspecified atom stereocenters. The monoisotopic (exact) mass is 160 g/mol. The number of anilines is 1. The topological polar surface area (TPSA) is 3.24 Å². The van der Waals surface area contributed by atoms with Crippen molar-refractivity contribution in [3.8, 4) is 0 Å². The fourth-order valence-electron chi connectivity index (χ4n) is 2.07. The fraction of sp³-hybridized carbons (Fsp3) is 0.455. The summed E-state index contributed by atoms with van der Waals surface area (Å²) in [7, 11) is 2.14. The molecule has 0 saturated heterocycles. The van der Waals surface area contributed by atoms with Gasteiger partial charge in [-0.1, -0.05) is 26.0 Å². The molecule has 1 radical (unpaired) electrons. The van der Waals surface area contributed by atoms with E-state index in [1.165, 1.54) is 11.3 Å². The van der Waals surface area contributed by atoms with Crippen molar-refractivity contribution in [3.05, 3.63) is 29.8 Å². The molecule has 0 spiro atoms. The molecule has 1 aromatic carbocycles. The van der Waals surface area contributed by atoms with Gasteiger partial charge in [0.15, 0.2) is 0 Å². The highest BCUT2D eigenvalue weighted by Gasteiger charge is 2.32. The van der Waals surface area contributed by atoms with E-state index in [9.17, 15) is 0 Å². The van der Waals surface area contributed by atoms with Crippen LogP contribution in [0.3, 0.4) is 0 Å². The van der Waals surface area contributed by atoms with Crippen LogP contribution in [0.25, 0.3) is 0 Å². The molecular weight excluding hydrogens is 146 g/mol. The first-order chi connectivity index (χ1) is 5.61. The van der Waals surface area contributed by atoms with Gasteiger partial charge in [-0.2, -0.15) is 0 Å². The maximum absolute atomic E-state index is 3.12. The van der Waals surface area contributed by atoms with E-state index < -0.39 is 0 Å². The highest BCUT2D eigenvalue weighted by Crippen LogP contribution is 2.38. The van der Waals surface area contributed by atoms with Crippen LogP contribution in [0.2, 0.25) is 0 Å². The molecule has 0 N–H and O–H groups in total. The normalized spacial score (nSPS) is 19.4. The van der Waals surface area contributed by atoms with Crippen LogP contribution in [0.1, 0.15) is 19.4 Å². The second-order valence-electron chi connectivity index (χ2n) is 4.18. The number of fused-ring (bicyclic) bond motifs is 1. The maximum Gasteiger partial charge on any atom is 0.0408 e. The van der Waals surface area contributed by atoms with E-state index in [1.807, 2.05) is 6.07 Å². The third-order valence-corrected chi connectivity index (χ3v) is 2.62. The Kier molecular flexibility index (Phi) is 1.44. The third-order valence-electron chi connectivity index (χ3n) is 2.62. The molecule has 0 aromatic heterocycles. The molecule has 12 heavy (non-hydrogen) atoms. The van der Waals surface area contributed by atoms with Crippen molar-refractivity contribution in [1.29, 1.82) is 0 Å². The highest BCUT2D eigenvalue weighted by atomic mass is 15.1. The molecule has 1 heterocycles. The van der Waals surface area contributed by atoms with Crippen molar-refractivity contribution >= 4 is 5.69 Å². The van der Waals surface area contributed by atoms with Crippen LogP contribution in [-0.4, -0.2) is 13.6 Å². The van der Waals surface area contributed by atoms with Gasteiger partial charge in [0.2, 0.25) is 0 Å². The Bertz CT molecular complexity index is 302. The summed E-state index contributed by atoms with van der Waals surface area (Å²) in [5.74, 6) is 0. The van der Waals surface area contributed by atoms with Gasteiger partial charge in [-0.15, -0.1) is 0 Å². The van der Waals surface area contributed by atoms with Crippen LogP contribution in [0.15, 0.2) is 18.2 Å². The quantitative estimate of drug-likeness (QED) is 0.562. The SMILES string of the molecule is CN1CC(C)(C)c2cc[c]cc21. The summed E-state index contributed by atoms with van der Waals surface area (Å²) in [6, 6.07) is 9.37. The molecular formula is C11H14N. The van der Waals surface area contributed by atoms with Crippen molar-refractivity contribution in [2.75, 3.05) is 18.5 Å². The second kappa shape index (κ2) is 2.25. The predicted octanol–water partition coefficient (Wildman–Crippen LogP) is 2.21. The van der Waals surface area contributed by atoms with Gasteiger partial charge >= 0.3 is 0 Å². The smallest absolute Gasteiger partial charge is 0.0408 e. The Hall–Kier alpha value is -0.980. The van der Waals surface area contributed by atoms with E-state index in [-0.39, 0.29) is 0 Å². The van der Waals surface area contributed by atoms with E-state index in [2.05, 4.69) is 44.0 Å². The van der Waals surface area contributed by atoms with Crippen LogP contribution in [0.4, 0.5) is 5.69 Å². The lowest BCUT2D eigenvalue weighted by Crippen LogP contribution is -2.24. The Morgan fingerprint density at radius 3 is 2.92 bits per heavy atom. The summed E-state index contributed by atoms with van der Waals surface area (Å²) in [4.78, 5) is 2.30. The molecule has 63 valence electrons. The van der Waals surface area contributed by atoms with Crippen molar-refractivity contribution < 1.29 is 0 Å². The maximum atomic E-state index is 3.12. The first kappa shape index (κ1) is 7.66. The average molecular weight is 160 g/mol. The van der Waals surface area contributed by atoms with Crippen LogP contribution in [0, 0.1) is 6.07 Å². The highest BCUT2D eigenvalue weighted by molar-refractivity contribution is 5.61. The minimum atomic E-state index is 0.305. The molecule has 2 rings (SSSR count). The molecule has 1 nitrogen and oxygen atoms in total. The van der Waals surface area contributed by atoms with E-state index >= 15 is 0 Å². The lowest BCUT2D eigenvalue weighted by molar-refractivity contribution is 0.563. The number of nitrogens with zero attached hydrogens (tertiary/aromatic N) is 1. The van der Waals surface area contributed by atoms with Gasteiger partial charge in [-0.05, 0) is 17.7 Å². The van der Waals surface area contributed by atoms with Crippen LogP contribution < -0.4 is 4.90 Å². The predicted molar refractivity (Wildman–Crippen MR) is 51.6 cm³/mol. The van der Waals surface area contributed by atoms with Crippen LogP contribution in [0.5, 0.6) is 0 Å². The molecule has 1 heteroatoms. The Morgan fingerprint density at radius 1 is 1.50 bits per heavy atom. The van der Waals surface area contributed by atoms with Gasteiger partial charge in [-0.25, -0.2) is 0 Å². The number of rotatable bonds is 0. The summed E-state index contributed by atoms with van der Waals surface area (Å²) in [6.07, 6.45) is 0. The van der Waals surface area contributed by atoms with Crippen molar-refractivity contribution in [1.82, 2.24) is 0 Å². The van der Waals surface area contributed by atoms with E-state index in [0.29, 0.717) is 5.41 Å². The first-order valence-electron chi connectivity index (χ1n) is 4.33. The largest absolute Gasteiger partial charge is 0.373 e. The zero-order chi connectivity index (χ0) is 8.77. The Morgan fingerprint density at radius 2 is 2.25 bits per heavy atom. The summed E-state index contributed by atoms with van der Waals surface area (Å²) in [6.45, 7) is 5.69. The minimum Gasteiger partial charge on any atom is -0.373 e. The Labute approximate surface area is 74.0 Å².